The van der Waals surface area contributed by atoms with Gasteiger partial charge < -0.3 is 5.32 Å². The highest BCUT2D eigenvalue weighted by Crippen LogP contribution is 2.21. The van der Waals surface area contributed by atoms with E-state index < -0.39 is 5.54 Å². The van der Waals surface area contributed by atoms with E-state index in [0.717, 1.165) is 4.47 Å². The van der Waals surface area contributed by atoms with Crippen LogP contribution in [0.5, 0.6) is 0 Å². The Kier molecular flexibility index (Phi) is 4.65. The van der Waals surface area contributed by atoms with Crippen LogP contribution in [0.3, 0.4) is 0 Å². The molecule has 0 unspecified atom stereocenters. The summed E-state index contributed by atoms with van der Waals surface area (Å²) < 4.78 is 0.839. The van der Waals surface area contributed by atoms with Crippen LogP contribution in [0.1, 0.15) is 24.2 Å². The van der Waals surface area contributed by atoms with Gasteiger partial charge in [0.1, 0.15) is 0 Å². The van der Waals surface area contributed by atoms with Crippen molar-refractivity contribution in [3.05, 3.63) is 33.3 Å². The zero-order chi connectivity index (χ0) is 12.3. The molecule has 5 heteroatoms. The molecule has 1 amide bonds. The minimum absolute atomic E-state index is 0.219. The van der Waals surface area contributed by atoms with E-state index in [1.807, 2.05) is 13.8 Å². The van der Waals surface area contributed by atoms with E-state index in [1.54, 1.807) is 18.2 Å². The standard InChI is InChI=1S/C11H12BrCl2NO/c1-11(2,6-13)15-10(16)8-4-3-7(12)5-9(8)14/h3-5H,6H2,1-2H3,(H,15,16). The second kappa shape index (κ2) is 5.39. The smallest absolute Gasteiger partial charge is 0.253 e. The van der Waals surface area contributed by atoms with Crippen LogP contribution in [0.25, 0.3) is 0 Å². The Morgan fingerprint density at radius 2 is 2.12 bits per heavy atom. The van der Waals surface area contributed by atoms with E-state index in [9.17, 15) is 4.79 Å². The van der Waals surface area contributed by atoms with Gasteiger partial charge >= 0.3 is 0 Å². The van der Waals surface area contributed by atoms with Crippen molar-refractivity contribution in [1.82, 2.24) is 5.32 Å². The van der Waals surface area contributed by atoms with E-state index in [1.165, 1.54) is 0 Å². The Balaban J connectivity index is 2.89. The monoisotopic (exact) mass is 323 g/mol. The van der Waals surface area contributed by atoms with Gasteiger partial charge in [-0.2, -0.15) is 0 Å². The van der Waals surface area contributed by atoms with Crippen LogP contribution in [0.2, 0.25) is 5.02 Å². The highest BCUT2D eigenvalue weighted by molar-refractivity contribution is 9.10. The molecule has 1 N–H and O–H groups in total. The number of alkyl halides is 1. The predicted molar refractivity (Wildman–Crippen MR) is 71.4 cm³/mol. The third kappa shape index (κ3) is 3.65. The maximum absolute atomic E-state index is 11.9. The molecule has 0 aliphatic rings. The molecule has 88 valence electrons. The van der Waals surface area contributed by atoms with E-state index in [-0.39, 0.29) is 5.91 Å². The molecule has 0 aromatic heterocycles. The van der Waals surface area contributed by atoms with Crippen molar-refractivity contribution in [2.24, 2.45) is 0 Å². The molecule has 1 aromatic rings. The zero-order valence-electron chi connectivity index (χ0n) is 8.98. The van der Waals surface area contributed by atoms with E-state index in [2.05, 4.69) is 21.2 Å². The molecule has 2 nitrogen and oxygen atoms in total. The summed E-state index contributed by atoms with van der Waals surface area (Å²) in [6, 6.07) is 5.13. The molecule has 0 heterocycles. The lowest BCUT2D eigenvalue weighted by Gasteiger charge is -2.23. The zero-order valence-corrected chi connectivity index (χ0v) is 12.1. The van der Waals surface area contributed by atoms with Gasteiger partial charge in [0.15, 0.2) is 0 Å². The maximum Gasteiger partial charge on any atom is 0.253 e. The van der Waals surface area contributed by atoms with Crippen LogP contribution < -0.4 is 5.32 Å². The predicted octanol–water partition coefficient (Wildman–Crippen LogP) is 3.85. The lowest BCUT2D eigenvalue weighted by molar-refractivity contribution is 0.0920. The summed E-state index contributed by atoms with van der Waals surface area (Å²) in [5.41, 5.74) is -0.00209. The average molecular weight is 325 g/mol. The van der Waals surface area contributed by atoms with Gasteiger partial charge in [0.2, 0.25) is 0 Å². The van der Waals surface area contributed by atoms with Crippen molar-refractivity contribution in [3.63, 3.8) is 0 Å². The number of amides is 1. The van der Waals surface area contributed by atoms with E-state index in [4.69, 9.17) is 23.2 Å². The summed E-state index contributed by atoms with van der Waals surface area (Å²) in [5, 5.41) is 3.23. The Hall–Kier alpha value is -0.250. The van der Waals surface area contributed by atoms with Crippen LogP contribution in [-0.4, -0.2) is 17.3 Å². The van der Waals surface area contributed by atoms with Gasteiger partial charge in [-0.15, -0.1) is 11.6 Å². The molecule has 16 heavy (non-hydrogen) atoms. The van der Waals surface area contributed by atoms with Gasteiger partial charge in [-0.1, -0.05) is 27.5 Å². The first kappa shape index (κ1) is 13.8. The summed E-state index contributed by atoms with van der Waals surface area (Å²) in [5.74, 6) is 0.121. The average Bonchev–Trinajstić information content (AvgIpc) is 2.16. The van der Waals surface area contributed by atoms with E-state index >= 15 is 0 Å². The fourth-order valence-electron chi connectivity index (χ4n) is 1.08. The molecular weight excluding hydrogens is 313 g/mol. The Labute approximate surface area is 113 Å². The topological polar surface area (TPSA) is 29.1 Å². The molecule has 1 aromatic carbocycles. The number of carbonyl (C=O) groups excluding carboxylic acids is 1. The quantitative estimate of drug-likeness (QED) is 0.841. The summed E-state index contributed by atoms with van der Waals surface area (Å²) in [7, 11) is 0. The second-order valence-electron chi connectivity index (χ2n) is 4.10. The van der Waals surface area contributed by atoms with Crippen molar-refractivity contribution in [2.45, 2.75) is 19.4 Å². The van der Waals surface area contributed by atoms with Gasteiger partial charge in [0.25, 0.3) is 5.91 Å². The highest BCUT2D eigenvalue weighted by Gasteiger charge is 2.21. The number of nitrogens with one attached hydrogen (secondary N) is 1. The molecule has 0 saturated heterocycles. The molecule has 0 bridgehead atoms. The van der Waals surface area contributed by atoms with E-state index in [0.29, 0.717) is 16.5 Å². The van der Waals surface area contributed by atoms with Gasteiger partial charge in [-0.3, -0.25) is 4.79 Å². The SMILES string of the molecule is CC(C)(CCl)NC(=O)c1ccc(Br)cc1Cl. The minimum atomic E-state index is -0.449. The maximum atomic E-state index is 11.9. The number of rotatable bonds is 3. The number of halogens is 3. The summed E-state index contributed by atoms with van der Waals surface area (Å²) in [4.78, 5) is 11.9. The largest absolute Gasteiger partial charge is 0.346 e. The Bertz CT molecular complexity index is 407. The first-order valence-electron chi connectivity index (χ1n) is 4.69. The van der Waals surface area contributed by atoms with Crippen LogP contribution in [0.4, 0.5) is 0 Å². The van der Waals surface area contributed by atoms with Crippen molar-refractivity contribution in [2.75, 3.05) is 5.88 Å². The molecule has 0 saturated carbocycles. The van der Waals surface area contributed by atoms with Crippen molar-refractivity contribution in [3.8, 4) is 0 Å². The Morgan fingerprint density at radius 1 is 1.50 bits per heavy atom. The van der Waals surface area contributed by atoms with Gasteiger partial charge in [-0.25, -0.2) is 0 Å². The molecule has 0 aliphatic heterocycles. The molecule has 0 aliphatic carbocycles. The fraction of sp³-hybridized carbons (Fsp3) is 0.364. The third-order valence-corrected chi connectivity index (χ3v) is 3.44. The first-order valence-corrected chi connectivity index (χ1v) is 6.40. The van der Waals surface area contributed by atoms with Gasteiger partial charge in [-0.05, 0) is 32.0 Å². The van der Waals surface area contributed by atoms with Crippen molar-refractivity contribution >= 4 is 45.0 Å². The highest BCUT2D eigenvalue weighted by atomic mass is 79.9. The van der Waals surface area contributed by atoms with Crippen LogP contribution in [-0.2, 0) is 0 Å². The molecule has 0 fully saturated rings. The Morgan fingerprint density at radius 3 is 2.62 bits per heavy atom. The second-order valence-corrected chi connectivity index (χ2v) is 5.69. The van der Waals surface area contributed by atoms with Crippen molar-refractivity contribution in [1.29, 1.82) is 0 Å². The first-order chi connectivity index (χ1) is 7.35. The molecular formula is C11H12BrCl2NO. The number of carbonyl (C=O) groups is 1. The minimum Gasteiger partial charge on any atom is -0.346 e. The lowest BCUT2D eigenvalue weighted by Crippen LogP contribution is -2.44. The summed E-state index contributed by atoms with van der Waals surface area (Å²) >= 11 is 15.0. The summed E-state index contributed by atoms with van der Waals surface area (Å²) in [6.07, 6.45) is 0. The molecule has 0 spiro atoms. The fourth-order valence-corrected chi connectivity index (χ4v) is 1.91. The molecule has 0 radical (unpaired) electrons. The van der Waals surface area contributed by atoms with Gasteiger partial charge in [0, 0.05) is 15.9 Å². The van der Waals surface area contributed by atoms with Crippen LogP contribution in [0.15, 0.2) is 22.7 Å². The van der Waals surface area contributed by atoms with Crippen LogP contribution in [0, 0.1) is 0 Å². The normalized spacial score (nSPS) is 11.3. The molecule has 1 rings (SSSR count). The number of hydrogen-bond acceptors (Lipinski definition) is 1. The van der Waals surface area contributed by atoms with Gasteiger partial charge in [0.05, 0.1) is 10.6 Å². The molecule has 0 atom stereocenters. The summed E-state index contributed by atoms with van der Waals surface area (Å²) in [6.45, 7) is 3.70. The number of hydrogen-bond donors (Lipinski definition) is 1. The van der Waals surface area contributed by atoms with Crippen molar-refractivity contribution < 1.29 is 4.79 Å². The lowest BCUT2D eigenvalue weighted by atomic mass is 10.1. The van der Waals surface area contributed by atoms with Crippen LogP contribution >= 0.6 is 39.1 Å². The number of benzene rings is 1. The third-order valence-electron chi connectivity index (χ3n) is 1.96.